The number of nitrogens with one attached hydrogen (secondary N) is 2. The summed E-state index contributed by atoms with van der Waals surface area (Å²) >= 11 is 5.03. The number of benzene rings is 1. The average Bonchev–Trinajstić information content (AvgIpc) is 2.75. The largest absolute Gasteiger partial charge is 0.486 e. The minimum Gasteiger partial charge on any atom is -0.486 e. The molecule has 1 aromatic carbocycles. The van der Waals surface area contributed by atoms with E-state index in [1.165, 1.54) is 0 Å². The molecule has 0 bridgehead atoms. The van der Waals surface area contributed by atoms with E-state index >= 15 is 0 Å². The highest BCUT2D eigenvalue weighted by atomic mass is 32.1. The van der Waals surface area contributed by atoms with Crippen LogP contribution < -0.4 is 9.47 Å². The molecule has 1 aliphatic heterocycles. The number of aromatic nitrogens is 2. The van der Waals surface area contributed by atoms with Gasteiger partial charge in [-0.05, 0) is 36.8 Å². The van der Waals surface area contributed by atoms with Gasteiger partial charge >= 0.3 is 0 Å². The maximum atomic E-state index is 5.57. The lowest BCUT2D eigenvalue weighted by atomic mass is 10.1. The Kier molecular flexibility index (Phi) is 2.40. The molecule has 2 heterocycles. The fraction of sp³-hybridized carbons (Fsp3) is 0.250. The number of hydrogen-bond donors (Lipinski definition) is 2. The van der Waals surface area contributed by atoms with Crippen LogP contribution in [0, 0.1) is 11.7 Å². The van der Waals surface area contributed by atoms with Gasteiger partial charge in [-0.15, -0.1) is 0 Å². The van der Waals surface area contributed by atoms with Crippen molar-refractivity contribution < 1.29 is 9.47 Å². The van der Waals surface area contributed by atoms with Crippen molar-refractivity contribution >= 4 is 12.2 Å². The van der Waals surface area contributed by atoms with Gasteiger partial charge in [0.15, 0.2) is 16.3 Å². The van der Waals surface area contributed by atoms with E-state index < -0.39 is 0 Å². The fourth-order valence-electron chi connectivity index (χ4n) is 1.96. The van der Waals surface area contributed by atoms with Gasteiger partial charge in [-0.1, -0.05) is 0 Å². The van der Waals surface area contributed by atoms with Crippen LogP contribution in [0.4, 0.5) is 0 Å². The number of fused-ring (bicyclic) bond motifs is 1. The minimum absolute atomic E-state index is 0.596. The van der Waals surface area contributed by atoms with Crippen LogP contribution in [-0.2, 0) is 0 Å². The predicted molar refractivity (Wildman–Crippen MR) is 67.1 cm³/mol. The standard InChI is InChI=1S/C12H12N2O2S/c1-7-4-10-11(16-3-2-15-10)5-8(7)9-6-13-12(17)14-9/h4-6H,2-3H2,1H3,(H2,13,14,17). The molecule has 0 atom stereocenters. The van der Waals surface area contributed by atoms with E-state index in [2.05, 4.69) is 9.97 Å². The minimum atomic E-state index is 0.596. The van der Waals surface area contributed by atoms with Crippen molar-refractivity contribution in [2.75, 3.05) is 13.2 Å². The summed E-state index contributed by atoms with van der Waals surface area (Å²) in [5.41, 5.74) is 3.16. The molecular formula is C12H12N2O2S. The summed E-state index contributed by atoms with van der Waals surface area (Å²) in [6.45, 7) is 3.24. The number of rotatable bonds is 1. The highest BCUT2D eigenvalue weighted by Gasteiger charge is 2.15. The zero-order valence-electron chi connectivity index (χ0n) is 9.37. The molecule has 88 valence electrons. The van der Waals surface area contributed by atoms with Gasteiger partial charge < -0.3 is 19.4 Å². The number of aryl methyl sites for hydroxylation is 1. The molecule has 5 heteroatoms. The zero-order valence-corrected chi connectivity index (χ0v) is 10.2. The predicted octanol–water partition coefficient (Wildman–Crippen LogP) is 2.82. The molecule has 17 heavy (non-hydrogen) atoms. The molecule has 0 spiro atoms. The lowest BCUT2D eigenvalue weighted by molar-refractivity contribution is 0.171. The fourth-order valence-corrected chi connectivity index (χ4v) is 2.13. The van der Waals surface area contributed by atoms with Crippen LogP contribution >= 0.6 is 12.2 Å². The third-order valence-corrected chi connectivity index (χ3v) is 3.00. The Morgan fingerprint density at radius 2 is 1.88 bits per heavy atom. The summed E-state index contributed by atoms with van der Waals surface area (Å²) in [5.74, 6) is 1.60. The van der Waals surface area contributed by atoms with Crippen molar-refractivity contribution in [3.8, 4) is 22.8 Å². The monoisotopic (exact) mass is 248 g/mol. The molecule has 0 radical (unpaired) electrons. The quantitative estimate of drug-likeness (QED) is 0.763. The first-order valence-electron chi connectivity index (χ1n) is 5.42. The van der Waals surface area contributed by atoms with Gasteiger partial charge in [-0.25, -0.2) is 0 Å². The van der Waals surface area contributed by atoms with Crippen LogP contribution in [0.5, 0.6) is 11.5 Å². The molecule has 0 unspecified atom stereocenters. The Morgan fingerprint density at radius 1 is 1.18 bits per heavy atom. The van der Waals surface area contributed by atoms with E-state index in [0.717, 1.165) is 28.3 Å². The van der Waals surface area contributed by atoms with E-state index in [1.54, 1.807) is 0 Å². The Labute approximate surface area is 104 Å². The van der Waals surface area contributed by atoms with Gasteiger partial charge in [0, 0.05) is 11.8 Å². The van der Waals surface area contributed by atoms with Crippen molar-refractivity contribution in [3.63, 3.8) is 0 Å². The molecule has 3 rings (SSSR count). The van der Waals surface area contributed by atoms with Crippen LogP contribution in [0.2, 0.25) is 0 Å². The molecular weight excluding hydrogens is 236 g/mol. The van der Waals surface area contributed by atoms with Crippen LogP contribution in [-0.4, -0.2) is 23.2 Å². The summed E-state index contributed by atoms with van der Waals surface area (Å²) in [5, 5.41) is 0. The lowest BCUT2D eigenvalue weighted by Gasteiger charge is -2.20. The van der Waals surface area contributed by atoms with E-state index in [9.17, 15) is 0 Å². The summed E-state index contributed by atoms with van der Waals surface area (Å²) < 4.78 is 11.7. The highest BCUT2D eigenvalue weighted by Crippen LogP contribution is 2.36. The second-order valence-corrected chi connectivity index (χ2v) is 4.38. The molecule has 2 aromatic rings. The molecule has 2 N–H and O–H groups in total. The molecule has 1 aliphatic rings. The van der Waals surface area contributed by atoms with Crippen molar-refractivity contribution in [1.29, 1.82) is 0 Å². The van der Waals surface area contributed by atoms with E-state index in [-0.39, 0.29) is 0 Å². The van der Waals surface area contributed by atoms with Crippen molar-refractivity contribution in [1.82, 2.24) is 9.97 Å². The molecule has 0 fully saturated rings. The van der Waals surface area contributed by atoms with E-state index in [0.29, 0.717) is 18.0 Å². The molecule has 0 aliphatic carbocycles. The van der Waals surface area contributed by atoms with Gasteiger partial charge in [0.1, 0.15) is 13.2 Å². The summed E-state index contributed by atoms with van der Waals surface area (Å²) in [4.78, 5) is 6.06. The second-order valence-electron chi connectivity index (χ2n) is 3.97. The summed E-state index contributed by atoms with van der Waals surface area (Å²) in [6, 6.07) is 3.98. The van der Waals surface area contributed by atoms with Gasteiger partial charge in [0.2, 0.25) is 0 Å². The van der Waals surface area contributed by atoms with Crippen molar-refractivity contribution in [3.05, 3.63) is 28.7 Å². The van der Waals surface area contributed by atoms with Gasteiger partial charge in [-0.3, -0.25) is 0 Å². The molecule has 1 aromatic heterocycles. The second kappa shape index (κ2) is 3.92. The lowest BCUT2D eigenvalue weighted by Crippen LogP contribution is -2.15. The first kappa shape index (κ1) is 10.4. The summed E-state index contributed by atoms with van der Waals surface area (Å²) in [6.07, 6.45) is 1.86. The van der Waals surface area contributed by atoms with Crippen LogP contribution in [0.15, 0.2) is 18.3 Å². The molecule has 4 nitrogen and oxygen atoms in total. The maximum absolute atomic E-state index is 5.57. The Bertz CT molecular complexity index is 615. The highest BCUT2D eigenvalue weighted by molar-refractivity contribution is 7.71. The van der Waals surface area contributed by atoms with E-state index in [4.69, 9.17) is 21.7 Å². The Balaban J connectivity index is 2.14. The number of imidazole rings is 1. The van der Waals surface area contributed by atoms with Gasteiger partial charge in [0.25, 0.3) is 0 Å². The Morgan fingerprint density at radius 3 is 2.53 bits per heavy atom. The third-order valence-electron chi connectivity index (χ3n) is 2.78. The SMILES string of the molecule is Cc1cc2c(cc1-c1c[nH]c(=S)[nH]1)OCCO2. The van der Waals surface area contributed by atoms with Gasteiger partial charge in [0.05, 0.1) is 5.69 Å². The number of hydrogen-bond acceptors (Lipinski definition) is 3. The van der Waals surface area contributed by atoms with Crippen LogP contribution in [0.25, 0.3) is 11.3 Å². The molecule has 0 amide bonds. The topological polar surface area (TPSA) is 50.0 Å². The smallest absolute Gasteiger partial charge is 0.174 e. The number of aromatic amines is 2. The molecule has 0 saturated heterocycles. The zero-order chi connectivity index (χ0) is 11.8. The normalized spacial score (nSPS) is 13.7. The first-order valence-corrected chi connectivity index (χ1v) is 5.83. The average molecular weight is 248 g/mol. The van der Waals surface area contributed by atoms with Gasteiger partial charge in [-0.2, -0.15) is 0 Å². The van der Waals surface area contributed by atoms with Crippen LogP contribution in [0.1, 0.15) is 5.56 Å². The van der Waals surface area contributed by atoms with Crippen LogP contribution in [0.3, 0.4) is 0 Å². The van der Waals surface area contributed by atoms with E-state index in [1.807, 2.05) is 25.3 Å². The van der Waals surface area contributed by atoms with Crippen molar-refractivity contribution in [2.24, 2.45) is 0 Å². The molecule has 0 saturated carbocycles. The first-order chi connectivity index (χ1) is 8.24. The number of H-pyrrole nitrogens is 2. The third kappa shape index (κ3) is 1.82. The maximum Gasteiger partial charge on any atom is 0.174 e. The Hall–Kier alpha value is -1.75. The summed E-state index contributed by atoms with van der Waals surface area (Å²) in [7, 11) is 0. The number of ether oxygens (including phenoxy) is 2. The van der Waals surface area contributed by atoms with Crippen molar-refractivity contribution in [2.45, 2.75) is 6.92 Å².